The van der Waals surface area contributed by atoms with Gasteiger partial charge in [0.25, 0.3) is 11.6 Å². The van der Waals surface area contributed by atoms with Crippen molar-refractivity contribution < 1.29 is 14.1 Å². The minimum Gasteiger partial charge on any atom is -0.396 e. The summed E-state index contributed by atoms with van der Waals surface area (Å²) in [6, 6.07) is 8.13. The van der Waals surface area contributed by atoms with Crippen LogP contribution in [0.4, 0.5) is 21.5 Å². The smallest absolute Gasteiger partial charge is 0.285 e. The number of carbonyl (C=O) groups excluding carboxylic acids is 1. The fourth-order valence-electron chi connectivity index (χ4n) is 1.90. The lowest BCUT2D eigenvalue weighted by molar-refractivity contribution is -0.385. The van der Waals surface area contributed by atoms with E-state index < -0.39 is 16.6 Å². The van der Waals surface area contributed by atoms with Gasteiger partial charge in [-0.1, -0.05) is 12.1 Å². The quantitative estimate of drug-likeness (QED) is 0.515. The summed E-state index contributed by atoms with van der Waals surface area (Å²) >= 11 is 0. The van der Waals surface area contributed by atoms with Crippen LogP contribution in [0.15, 0.2) is 36.4 Å². The lowest BCUT2D eigenvalue weighted by Crippen LogP contribution is -2.14. The van der Waals surface area contributed by atoms with Crippen LogP contribution in [0.1, 0.15) is 15.9 Å². The Labute approximate surface area is 119 Å². The highest BCUT2D eigenvalue weighted by molar-refractivity contribution is 6.07. The van der Waals surface area contributed by atoms with Crippen molar-refractivity contribution in [1.82, 2.24) is 0 Å². The van der Waals surface area contributed by atoms with Crippen LogP contribution in [-0.2, 0) is 0 Å². The molecule has 0 aliphatic heterocycles. The van der Waals surface area contributed by atoms with E-state index in [1.54, 1.807) is 19.1 Å². The lowest BCUT2D eigenvalue weighted by atomic mass is 10.1. The molecule has 0 saturated heterocycles. The number of nitrogen functional groups attached to an aromatic ring is 1. The van der Waals surface area contributed by atoms with E-state index in [1.165, 1.54) is 18.2 Å². The van der Waals surface area contributed by atoms with E-state index in [0.29, 0.717) is 5.56 Å². The molecule has 0 spiro atoms. The zero-order valence-corrected chi connectivity index (χ0v) is 11.1. The molecule has 7 heteroatoms. The molecule has 2 aromatic rings. The summed E-state index contributed by atoms with van der Waals surface area (Å²) in [6.07, 6.45) is 0. The third-order valence-electron chi connectivity index (χ3n) is 2.92. The number of anilines is 2. The van der Waals surface area contributed by atoms with Crippen LogP contribution in [0.5, 0.6) is 0 Å². The summed E-state index contributed by atoms with van der Waals surface area (Å²) in [6.45, 7) is 1.55. The first-order chi connectivity index (χ1) is 9.90. The summed E-state index contributed by atoms with van der Waals surface area (Å²) in [4.78, 5) is 22.6. The molecule has 3 N–H and O–H groups in total. The zero-order chi connectivity index (χ0) is 15.6. The Balaban J connectivity index is 2.35. The molecule has 0 atom stereocenters. The van der Waals surface area contributed by atoms with E-state index in [9.17, 15) is 19.3 Å². The van der Waals surface area contributed by atoms with E-state index in [0.717, 1.165) is 6.07 Å². The van der Waals surface area contributed by atoms with Gasteiger partial charge in [0.2, 0.25) is 0 Å². The third-order valence-corrected chi connectivity index (χ3v) is 2.92. The van der Waals surface area contributed by atoms with Crippen LogP contribution in [0.3, 0.4) is 0 Å². The number of aryl methyl sites for hydroxylation is 1. The van der Waals surface area contributed by atoms with Crippen molar-refractivity contribution in [3.8, 4) is 0 Å². The number of para-hydroxylation sites is 1. The van der Waals surface area contributed by atoms with E-state index in [-0.39, 0.29) is 22.6 Å². The fourth-order valence-corrected chi connectivity index (χ4v) is 1.90. The molecule has 2 aromatic carbocycles. The van der Waals surface area contributed by atoms with E-state index >= 15 is 0 Å². The Hall–Kier alpha value is -2.96. The third kappa shape index (κ3) is 2.97. The van der Waals surface area contributed by atoms with Crippen LogP contribution < -0.4 is 11.1 Å². The highest BCUT2D eigenvalue weighted by Gasteiger charge is 2.22. The second-order valence-electron chi connectivity index (χ2n) is 4.42. The lowest BCUT2D eigenvalue weighted by Gasteiger charge is -2.08. The Kier molecular flexibility index (Phi) is 3.84. The summed E-state index contributed by atoms with van der Waals surface area (Å²) < 4.78 is 13.1. The summed E-state index contributed by atoms with van der Waals surface area (Å²) in [7, 11) is 0. The molecule has 0 saturated carbocycles. The first kappa shape index (κ1) is 14.4. The first-order valence-corrected chi connectivity index (χ1v) is 6.00. The summed E-state index contributed by atoms with van der Waals surface area (Å²) in [5.41, 5.74) is 5.60. The minimum atomic E-state index is -0.656. The van der Waals surface area contributed by atoms with Gasteiger partial charge >= 0.3 is 0 Å². The molecule has 6 nitrogen and oxygen atoms in total. The molecule has 108 valence electrons. The van der Waals surface area contributed by atoms with Crippen LogP contribution in [0, 0.1) is 22.9 Å². The maximum atomic E-state index is 13.1. The molecule has 0 aliphatic carbocycles. The number of nitro groups is 1. The Morgan fingerprint density at radius 3 is 2.67 bits per heavy atom. The standard InChI is InChI=1S/C14H12FN3O3/c1-8-3-2-4-10(13(8)18(20)21)14(19)17-9-5-6-11(15)12(16)7-9/h2-7H,16H2,1H3,(H,17,19). The number of nitrogens with one attached hydrogen (secondary N) is 1. The summed E-state index contributed by atoms with van der Waals surface area (Å²) in [5, 5.41) is 13.5. The number of hydrogen-bond acceptors (Lipinski definition) is 4. The van der Waals surface area contributed by atoms with Gasteiger partial charge in [-0.15, -0.1) is 0 Å². The van der Waals surface area contributed by atoms with Gasteiger partial charge in [-0.2, -0.15) is 0 Å². The van der Waals surface area contributed by atoms with Gasteiger partial charge in [-0.3, -0.25) is 14.9 Å². The van der Waals surface area contributed by atoms with Crippen molar-refractivity contribution in [2.24, 2.45) is 0 Å². The van der Waals surface area contributed by atoms with Crippen molar-refractivity contribution in [3.05, 3.63) is 63.5 Å². The van der Waals surface area contributed by atoms with Crippen molar-refractivity contribution >= 4 is 23.0 Å². The Morgan fingerprint density at radius 1 is 1.33 bits per heavy atom. The van der Waals surface area contributed by atoms with Gasteiger partial charge in [0.15, 0.2) is 0 Å². The molecule has 1 amide bonds. The predicted octanol–water partition coefficient (Wildman–Crippen LogP) is 2.88. The van der Waals surface area contributed by atoms with Crippen molar-refractivity contribution in [1.29, 1.82) is 0 Å². The van der Waals surface area contributed by atoms with E-state index in [4.69, 9.17) is 5.73 Å². The number of carbonyl (C=O) groups is 1. The van der Waals surface area contributed by atoms with Crippen molar-refractivity contribution in [3.63, 3.8) is 0 Å². The number of hydrogen-bond donors (Lipinski definition) is 2. The Bertz CT molecular complexity index is 731. The van der Waals surface area contributed by atoms with E-state index in [2.05, 4.69) is 5.32 Å². The second kappa shape index (κ2) is 5.58. The number of amides is 1. The molecular weight excluding hydrogens is 277 g/mol. The molecule has 0 radical (unpaired) electrons. The number of rotatable bonds is 3. The highest BCUT2D eigenvalue weighted by atomic mass is 19.1. The average Bonchev–Trinajstić information content (AvgIpc) is 2.42. The molecule has 2 rings (SSSR count). The molecular formula is C14H12FN3O3. The van der Waals surface area contributed by atoms with Crippen LogP contribution >= 0.6 is 0 Å². The van der Waals surface area contributed by atoms with Gasteiger partial charge in [0, 0.05) is 11.3 Å². The van der Waals surface area contributed by atoms with Crippen molar-refractivity contribution in [2.75, 3.05) is 11.1 Å². The maximum absolute atomic E-state index is 13.1. The first-order valence-electron chi connectivity index (χ1n) is 6.00. The van der Waals surface area contributed by atoms with Crippen LogP contribution in [0.25, 0.3) is 0 Å². The van der Waals surface area contributed by atoms with Gasteiger partial charge < -0.3 is 11.1 Å². The average molecular weight is 289 g/mol. The largest absolute Gasteiger partial charge is 0.396 e. The molecule has 0 unspecified atom stereocenters. The van der Waals surface area contributed by atoms with Crippen molar-refractivity contribution in [2.45, 2.75) is 6.92 Å². The SMILES string of the molecule is Cc1cccc(C(=O)Nc2ccc(F)c(N)c2)c1[N+](=O)[O-]. The summed E-state index contributed by atoms with van der Waals surface area (Å²) in [5.74, 6) is -1.26. The normalized spacial score (nSPS) is 10.2. The van der Waals surface area contributed by atoms with Gasteiger partial charge in [0.1, 0.15) is 11.4 Å². The topological polar surface area (TPSA) is 98.3 Å². The number of nitrogens with zero attached hydrogens (tertiary/aromatic N) is 1. The van der Waals surface area contributed by atoms with Gasteiger partial charge in [-0.25, -0.2) is 4.39 Å². The Morgan fingerprint density at radius 2 is 2.05 bits per heavy atom. The molecule has 0 aliphatic rings. The minimum absolute atomic E-state index is 0.0668. The van der Waals surface area contributed by atoms with E-state index in [1.807, 2.05) is 0 Å². The molecule has 0 bridgehead atoms. The number of nitrogens with two attached hydrogens (primary N) is 1. The highest BCUT2D eigenvalue weighted by Crippen LogP contribution is 2.24. The molecule has 0 aromatic heterocycles. The van der Waals surface area contributed by atoms with Crippen LogP contribution in [0.2, 0.25) is 0 Å². The number of nitro benzene ring substituents is 1. The fraction of sp³-hybridized carbons (Fsp3) is 0.0714. The number of halogens is 1. The second-order valence-corrected chi connectivity index (χ2v) is 4.42. The van der Waals surface area contributed by atoms with Crippen LogP contribution in [-0.4, -0.2) is 10.8 Å². The van der Waals surface area contributed by atoms with Gasteiger partial charge in [-0.05, 0) is 31.2 Å². The molecule has 0 heterocycles. The zero-order valence-electron chi connectivity index (χ0n) is 11.1. The molecule has 0 fully saturated rings. The van der Waals surface area contributed by atoms with Gasteiger partial charge in [0.05, 0.1) is 10.6 Å². The number of benzene rings is 2. The predicted molar refractivity (Wildman–Crippen MR) is 76.6 cm³/mol. The molecule has 21 heavy (non-hydrogen) atoms. The maximum Gasteiger partial charge on any atom is 0.285 e. The monoisotopic (exact) mass is 289 g/mol.